The van der Waals surface area contributed by atoms with Crippen LogP contribution in [-0.2, 0) is 0 Å². The van der Waals surface area contributed by atoms with Crippen molar-refractivity contribution in [2.45, 2.75) is 0 Å². The third-order valence-corrected chi connectivity index (χ3v) is 3.79. The van der Waals surface area contributed by atoms with Crippen LogP contribution in [0.5, 0.6) is 0 Å². The second-order valence-corrected chi connectivity index (χ2v) is 6.29. The van der Waals surface area contributed by atoms with Crippen molar-refractivity contribution in [2.75, 3.05) is 5.32 Å². The first-order valence-corrected chi connectivity index (χ1v) is 7.63. The van der Waals surface area contributed by atoms with Crippen LogP contribution in [0.1, 0.15) is 15.9 Å². The second kappa shape index (κ2) is 6.47. The van der Waals surface area contributed by atoms with Crippen LogP contribution in [-0.4, -0.2) is 10.9 Å². The molecule has 6 heteroatoms. The van der Waals surface area contributed by atoms with Gasteiger partial charge in [0.05, 0.1) is 5.69 Å². The van der Waals surface area contributed by atoms with Gasteiger partial charge in [-0.2, -0.15) is 0 Å². The fraction of sp³-hybridized carbons (Fsp3) is 0. The molecule has 0 saturated heterocycles. The minimum Gasteiger partial charge on any atom is -0.389 e. The zero-order chi connectivity index (χ0) is 14.7. The number of rotatable bonds is 3. The Hall–Kier alpha value is -1.24. The third kappa shape index (κ3) is 3.65. The summed E-state index contributed by atoms with van der Waals surface area (Å²) < 4.78 is 1.69. The quantitative estimate of drug-likeness (QED) is 0.744. The fourth-order valence-corrected chi connectivity index (χ4v) is 2.58. The molecular formula is C14H10Br2N2OS. The Morgan fingerprint density at radius 3 is 2.45 bits per heavy atom. The second-order valence-electron chi connectivity index (χ2n) is 4.02. The summed E-state index contributed by atoms with van der Waals surface area (Å²) in [7, 11) is 0. The number of hydrogen-bond acceptors (Lipinski definition) is 2. The van der Waals surface area contributed by atoms with E-state index in [1.165, 1.54) is 0 Å². The predicted molar refractivity (Wildman–Crippen MR) is 92.1 cm³/mol. The van der Waals surface area contributed by atoms with Crippen molar-refractivity contribution in [1.29, 1.82) is 0 Å². The summed E-state index contributed by atoms with van der Waals surface area (Å²) >= 11 is 11.7. The summed E-state index contributed by atoms with van der Waals surface area (Å²) in [5.74, 6) is -0.217. The van der Waals surface area contributed by atoms with E-state index in [0.29, 0.717) is 16.8 Å². The number of benzene rings is 2. The van der Waals surface area contributed by atoms with Gasteiger partial charge in [-0.3, -0.25) is 4.79 Å². The van der Waals surface area contributed by atoms with E-state index in [2.05, 4.69) is 37.2 Å². The van der Waals surface area contributed by atoms with Crippen molar-refractivity contribution in [3.63, 3.8) is 0 Å². The van der Waals surface area contributed by atoms with E-state index < -0.39 is 0 Å². The van der Waals surface area contributed by atoms with E-state index >= 15 is 0 Å². The summed E-state index contributed by atoms with van der Waals surface area (Å²) in [5, 5.41) is 2.81. The zero-order valence-corrected chi connectivity index (χ0v) is 14.2. The van der Waals surface area contributed by atoms with E-state index in [9.17, 15) is 4.79 Å². The van der Waals surface area contributed by atoms with Gasteiger partial charge in [0.2, 0.25) is 0 Å². The lowest BCUT2D eigenvalue weighted by Gasteiger charge is -2.11. The van der Waals surface area contributed by atoms with Crippen LogP contribution >= 0.6 is 44.1 Å². The first-order chi connectivity index (χ1) is 9.47. The average Bonchev–Trinajstić information content (AvgIpc) is 2.40. The number of carbonyl (C=O) groups is 1. The van der Waals surface area contributed by atoms with Crippen molar-refractivity contribution in [1.82, 2.24) is 0 Å². The lowest BCUT2D eigenvalue weighted by atomic mass is 10.1. The number of thiocarbonyl (C=S) groups is 1. The number of nitrogens with one attached hydrogen (secondary N) is 1. The molecule has 3 nitrogen and oxygen atoms in total. The summed E-state index contributed by atoms with van der Waals surface area (Å²) in [6.45, 7) is 0. The maximum absolute atomic E-state index is 12.2. The first kappa shape index (κ1) is 15.2. The molecule has 0 aliphatic carbocycles. The number of halogens is 2. The molecule has 0 bridgehead atoms. The van der Waals surface area contributed by atoms with E-state index in [1.807, 2.05) is 12.1 Å². The maximum atomic E-state index is 12.2. The van der Waals surface area contributed by atoms with Gasteiger partial charge in [-0.1, -0.05) is 50.1 Å². The molecule has 0 heterocycles. The lowest BCUT2D eigenvalue weighted by Crippen LogP contribution is -2.17. The van der Waals surface area contributed by atoms with Gasteiger partial charge >= 0.3 is 0 Å². The van der Waals surface area contributed by atoms with Crippen LogP contribution in [0.4, 0.5) is 5.69 Å². The summed E-state index contributed by atoms with van der Waals surface area (Å²) in [4.78, 5) is 12.4. The Balaban J connectivity index is 2.30. The van der Waals surface area contributed by atoms with Gasteiger partial charge in [-0.15, -0.1) is 0 Å². The molecule has 0 aliphatic rings. The highest BCUT2D eigenvalue weighted by atomic mass is 79.9. The number of carbonyl (C=O) groups excluding carboxylic acids is 1. The predicted octanol–water partition coefficient (Wildman–Crippen LogP) is 4.10. The normalized spacial score (nSPS) is 10.1. The van der Waals surface area contributed by atoms with E-state index in [0.717, 1.165) is 8.95 Å². The number of hydrogen-bond donors (Lipinski definition) is 2. The number of anilines is 1. The van der Waals surface area contributed by atoms with Gasteiger partial charge in [-0.05, 0) is 36.4 Å². The minimum absolute atomic E-state index is 0.217. The lowest BCUT2D eigenvalue weighted by molar-refractivity contribution is 0.102. The number of amides is 1. The SMILES string of the molecule is NC(=S)c1cc(Br)ccc1NC(=O)c1cccc(Br)c1. The molecule has 2 rings (SSSR count). The Labute approximate surface area is 138 Å². The van der Waals surface area contributed by atoms with Crippen molar-refractivity contribution >= 4 is 60.7 Å². The molecule has 0 saturated carbocycles. The van der Waals surface area contributed by atoms with Gasteiger partial charge in [0.15, 0.2) is 0 Å². The highest BCUT2D eigenvalue weighted by molar-refractivity contribution is 9.10. The minimum atomic E-state index is -0.217. The van der Waals surface area contributed by atoms with Crippen LogP contribution in [0.15, 0.2) is 51.4 Å². The number of nitrogens with two attached hydrogens (primary N) is 1. The molecule has 20 heavy (non-hydrogen) atoms. The molecule has 1 amide bonds. The van der Waals surface area contributed by atoms with Crippen molar-refractivity contribution in [3.8, 4) is 0 Å². The molecule has 0 aliphatic heterocycles. The summed E-state index contributed by atoms with van der Waals surface area (Å²) in [6, 6.07) is 12.5. The zero-order valence-electron chi connectivity index (χ0n) is 10.2. The molecule has 0 aromatic heterocycles. The molecule has 0 spiro atoms. The third-order valence-electron chi connectivity index (χ3n) is 2.58. The molecule has 0 radical (unpaired) electrons. The van der Waals surface area contributed by atoms with E-state index in [-0.39, 0.29) is 10.9 Å². The van der Waals surface area contributed by atoms with Gasteiger partial charge in [0.25, 0.3) is 5.91 Å². The average molecular weight is 414 g/mol. The summed E-state index contributed by atoms with van der Waals surface area (Å²) in [6.07, 6.45) is 0. The fourth-order valence-electron chi connectivity index (χ4n) is 1.65. The molecule has 2 aromatic rings. The Morgan fingerprint density at radius 1 is 1.10 bits per heavy atom. The maximum Gasteiger partial charge on any atom is 0.255 e. The molecular weight excluding hydrogens is 404 g/mol. The highest BCUT2D eigenvalue weighted by Gasteiger charge is 2.11. The smallest absolute Gasteiger partial charge is 0.255 e. The Morgan fingerprint density at radius 2 is 1.80 bits per heavy atom. The van der Waals surface area contributed by atoms with Crippen molar-refractivity contribution in [3.05, 3.63) is 62.5 Å². The van der Waals surface area contributed by atoms with Gasteiger partial charge in [0, 0.05) is 20.1 Å². The van der Waals surface area contributed by atoms with Crippen molar-refractivity contribution in [2.24, 2.45) is 5.73 Å². The Kier molecular flexibility index (Phi) is 4.91. The first-order valence-electron chi connectivity index (χ1n) is 5.63. The highest BCUT2D eigenvalue weighted by Crippen LogP contribution is 2.22. The topological polar surface area (TPSA) is 55.1 Å². The molecule has 0 atom stereocenters. The van der Waals surface area contributed by atoms with Crippen LogP contribution in [0.3, 0.4) is 0 Å². The van der Waals surface area contributed by atoms with Crippen LogP contribution in [0, 0.1) is 0 Å². The van der Waals surface area contributed by atoms with Crippen LogP contribution in [0.25, 0.3) is 0 Å². The van der Waals surface area contributed by atoms with E-state index in [4.69, 9.17) is 18.0 Å². The van der Waals surface area contributed by atoms with Gasteiger partial charge in [-0.25, -0.2) is 0 Å². The summed E-state index contributed by atoms with van der Waals surface area (Å²) in [5.41, 5.74) is 7.44. The molecule has 2 aromatic carbocycles. The van der Waals surface area contributed by atoms with Crippen molar-refractivity contribution < 1.29 is 4.79 Å². The van der Waals surface area contributed by atoms with Crippen LogP contribution < -0.4 is 11.1 Å². The molecule has 0 fully saturated rings. The van der Waals surface area contributed by atoms with E-state index in [1.54, 1.807) is 30.3 Å². The molecule has 102 valence electrons. The molecule has 0 unspecified atom stereocenters. The Bertz CT molecular complexity index is 689. The van der Waals surface area contributed by atoms with Gasteiger partial charge in [0.1, 0.15) is 4.99 Å². The largest absolute Gasteiger partial charge is 0.389 e. The molecule has 3 N–H and O–H groups in total. The van der Waals surface area contributed by atoms with Crippen LogP contribution in [0.2, 0.25) is 0 Å². The monoisotopic (exact) mass is 412 g/mol. The standard InChI is InChI=1S/C14H10Br2N2OS/c15-9-3-1-2-8(6-9)14(19)18-12-5-4-10(16)7-11(12)13(17)20/h1-7H,(H2,17,20)(H,18,19). The van der Waals surface area contributed by atoms with Gasteiger partial charge < -0.3 is 11.1 Å².